The molecule has 1 aromatic carbocycles. The Hall–Kier alpha value is -1.81. The van der Waals surface area contributed by atoms with Crippen molar-refractivity contribution in [3.05, 3.63) is 40.7 Å². The lowest BCUT2D eigenvalue weighted by Crippen LogP contribution is -1.99. The normalized spacial score (nSPS) is 10.2. The van der Waals surface area contributed by atoms with Crippen molar-refractivity contribution < 1.29 is 4.74 Å². The number of rotatable bonds is 3. The van der Waals surface area contributed by atoms with Crippen LogP contribution in [0.5, 0.6) is 11.6 Å². The minimum atomic E-state index is 0.497. The summed E-state index contributed by atoms with van der Waals surface area (Å²) < 4.78 is 5.74. The van der Waals surface area contributed by atoms with Crippen LogP contribution < -0.4 is 10.1 Å². The zero-order chi connectivity index (χ0) is 13.1. The summed E-state index contributed by atoms with van der Waals surface area (Å²) in [5, 5.41) is 3.60. The Balaban J connectivity index is 2.33. The SMILES string of the molecule is CNc1cc(Oc2cc(Cl)ccc2C)nc(C)n1. The molecule has 4 nitrogen and oxygen atoms in total. The van der Waals surface area contributed by atoms with Crippen molar-refractivity contribution in [2.75, 3.05) is 12.4 Å². The average Bonchev–Trinajstić information content (AvgIpc) is 2.33. The van der Waals surface area contributed by atoms with Crippen LogP contribution in [0.3, 0.4) is 0 Å². The molecular formula is C13H14ClN3O. The molecule has 0 amide bonds. The summed E-state index contributed by atoms with van der Waals surface area (Å²) >= 11 is 5.95. The summed E-state index contributed by atoms with van der Waals surface area (Å²) in [5.41, 5.74) is 1.00. The van der Waals surface area contributed by atoms with Crippen LogP contribution in [0.2, 0.25) is 5.02 Å². The number of anilines is 1. The van der Waals surface area contributed by atoms with Gasteiger partial charge in [-0.05, 0) is 31.5 Å². The number of aromatic nitrogens is 2. The topological polar surface area (TPSA) is 47.0 Å². The molecule has 0 aliphatic rings. The minimum absolute atomic E-state index is 0.497. The number of halogens is 1. The largest absolute Gasteiger partial charge is 0.439 e. The Morgan fingerprint density at radius 3 is 2.67 bits per heavy atom. The van der Waals surface area contributed by atoms with E-state index in [1.165, 1.54) is 0 Å². The van der Waals surface area contributed by atoms with Crippen LogP contribution in [0.25, 0.3) is 0 Å². The van der Waals surface area contributed by atoms with Gasteiger partial charge in [-0.2, -0.15) is 4.98 Å². The molecule has 0 unspecified atom stereocenters. The number of nitrogens with zero attached hydrogens (tertiary/aromatic N) is 2. The minimum Gasteiger partial charge on any atom is -0.439 e. The van der Waals surface area contributed by atoms with Gasteiger partial charge in [-0.25, -0.2) is 4.98 Å². The molecule has 0 bridgehead atoms. The van der Waals surface area contributed by atoms with Gasteiger partial charge in [-0.1, -0.05) is 17.7 Å². The first-order valence-electron chi connectivity index (χ1n) is 5.56. The molecule has 0 saturated carbocycles. The first kappa shape index (κ1) is 12.6. The van der Waals surface area contributed by atoms with Crippen LogP contribution in [0.15, 0.2) is 24.3 Å². The molecule has 0 saturated heterocycles. The van der Waals surface area contributed by atoms with Crippen molar-refractivity contribution in [2.45, 2.75) is 13.8 Å². The fraction of sp³-hybridized carbons (Fsp3) is 0.231. The number of hydrogen-bond acceptors (Lipinski definition) is 4. The first-order valence-corrected chi connectivity index (χ1v) is 5.94. The van der Waals surface area contributed by atoms with Gasteiger partial charge in [-0.15, -0.1) is 0 Å². The highest BCUT2D eigenvalue weighted by Gasteiger charge is 2.06. The van der Waals surface area contributed by atoms with E-state index in [0.29, 0.717) is 22.5 Å². The van der Waals surface area contributed by atoms with E-state index in [2.05, 4.69) is 15.3 Å². The smallest absolute Gasteiger partial charge is 0.224 e. The molecule has 0 fully saturated rings. The summed E-state index contributed by atoms with van der Waals surface area (Å²) in [7, 11) is 1.80. The maximum Gasteiger partial charge on any atom is 0.224 e. The molecule has 18 heavy (non-hydrogen) atoms. The molecule has 1 aromatic heterocycles. The predicted molar refractivity (Wildman–Crippen MR) is 72.6 cm³/mol. The zero-order valence-electron chi connectivity index (χ0n) is 10.5. The molecule has 2 rings (SSSR count). The lowest BCUT2D eigenvalue weighted by atomic mass is 10.2. The van der Waals surface area contributed by atoms with Gasteiger partial charge in [-0.3, -0.25) is 0 Å². The number of hydrogen-bond donors (Lipinski definition) is 1. The lowest BCUT2D eigenvalue weighted by molar-refractivity contribution is 0.457. The van der Waals surface area contributed by atoms with Gasteiger partial charge in [0.25, 0.3) is 0 Å². The van der Waals surface area contributed by atoms with E-state index in [0.717, 1.165) is 11.4 Å². The van der Waals surface area contributed by atoms with Crippen molar-refractivity contribution in [2.24, 2.45) is 0 Å². The van der Waals surface area contributed by atoms with E-state index >= 15 is 0 Å². The molecule has 0 radical (unpaired) electrons. The van der Waals surface area contributed by atoms with E-state index in [1.807, 2.05) is 26.0 Å². The highest BCUT2D eigenvalue weighted by Crippen LogP contribution is 2.27. The third kappa shape index (κ3) is 2.90. The number of aryl methyl sites for hydroxylation is 2. The molecule has 2 aromatic rings. The number of ether oxygens (including phenoxy) is 1. The van der Waals surface area contributed by atoms with Gasteiger partial charge in [0.1, 0.15) is 17.4 Å². The van der Waals surface area contributed by atoms with Gasteiger partial charge >= 0.3 is 0 Å². The zero-order valence-corrected chi connectivity index (χ0v) is 11.2. The summed E-state index contributed by atoms with van der Waals surface area (Å²) in [5.74, 6) is 2.56. The average molecular weight is 264 g/mol. The Bertz CT molecular complexity index is 572. The second-order valence-electron chi connectivity index (χ2n) is 3.90. The highest BCUT2D eigenvalue weighted by atomic mass is 35.5. The fourth-order valence-corrected chi connectivity index (χ4v) is 1.68. The van der Waals surface area contributed by atoms with Crippen molar-refractivity contribution in [1.82, 2.24) is 9.97 Å². The summed E-state index contributed by atoms with van der Waals surface area (Å²) in [4.78, 5) is 8.44. The monoisotopic (exact) mass is 263 g/mol. The molecule has 0 atom stereocenters. The van der Waals surface area contributed by atoms with Gasteiger partial charge < -0.3 is 10.1 Å². The molecule has 5 heteroatoms. The number of benzene rings is 1. The van der Waals surface area contributed by atoms with Gasteiger partial charge in [0.2, 0.25) is 5.88 Å². The first-order chi connectivity index (χ1) is 8.58. The fourth-order valence-electron chi connectivity index (χ4n) is 1.52. The van der Waals surface area contributed by atoms with Gasteiger partial charge in [0.05, 0.1) is 0 Å². The van der Waals surface area contributed by atoms with Crippen molar-refractivity contribution in [3.63, 3.8) is 0 Å². The Labute approximate surface area is 111 Å². The third-order valence-electron chi connectivity index (χ3n) is 2.44. The van der Waals surface area contributed by atoms with Crippen LogP contribution in [0.4, 0.5) is 5.82 Å². The molecule has 94 valence electrons. The second-order valence-corrected chi connectivity index (χ2v) is 4.34. The molecule has 0 spiro atoms. The molecule has 0 aliphatic heterocycles. The number of nitrogens with one attached hydrogen (secondary N) is 1. The van der Waals surface area contributed by atoms with E-state index in [1.54, 1.807) is 19.2 Å². The maximum atomic E-state index is 5.95. The molecule has 1 heterocycles. The van der Waals surface area contributed by atoms with Crippen molar-refractivity contribution in [3.8, 4) is 11.6 Å². The molecule has 1 N–H and O–H groups in total. The van der Waals surface area contributed by atoms with Gasteiger partial charge in [0.15, 0.2) is 0 Å². The highest BCUT2D eigenvalue weighted by molar-refractivity contribution is 6.30. The molecular weight excluding hydrogens is 250 g/mol. The van der Waals surface area contributed by atoms with E-state index < -0.39 is 0 Å². The van der Waals surface area contributed by atoms with E-state index in [4.69, 9.17) is 16.3 Å². The summed E-state index contributed by atoms with van der Waals surface area (Å²) in [6.45, 7) is 3.78. The Morgan fingerprint density at radius 2 is 1.94 bits per heavy atom. The van der Waals surface area contributed by atoms with Crippen LogP contribution in [0.1, 0.15) is 11.4 Å². The van der Waals surface area contributed by atoms with Crippen LogP contribution >= 0.6 is 11.6 Å². The Kier molecular flexibility index (Phi) is 3.67. The van der Waals surface area contributed by atoms with Crippen LogP contribution in [-0.2, 0) is 0 Å². The predicted octanol–water partition coefficient (Wildman–Crippen LogP) is 3.58. The maximum absolute atomic E-state index is 5.95. The summed E-state index contributed by atoms with van der Waals surface area (Å²) in [6, 6.07) is 7.25. The van der Waals surface area contributed by atoms with E-state index in [-0.39, 0.29) is 0 Å². The lowest BCUT2D eigenvalue weighted by Gasteiger charge is -2.09. The third-order valence-corrected chi connectivity index (χ3v) is 2.67. The summed E-state index contributed by atoms with van der Waals surface area (Å²) in [6.07, 6.45) is 0. The van der Waals surface area contributed by atoms with Gasteiger partial charge in [0, 0.05) is 18.1 Å². The molecule has 0 aliphatic carbocycles. The van der Waals surface area contributed by atoms with Crippen molar-refractivity contribution >= 4 is 17.4 Å². The standard InChI is InChI=1S/C13H14ClN3O/c1-8-4-5-10(14)6-11(8)18-13-7-12(15-3)16-9(2)17-13/h4-7H,1-3H3,(H,15,16,17). The van der Waals surface area contributed by atoms with E-state index in [9.17, 15) is 0 Å². The van der Waals surface area contributed by atoms with Crippen LogP contribution in [0, 0.1) is 13.8 Å². The Morgan fingerprint density at radius 1 is 1.17 bits per heavy atom. The second kappa shape index (κ2) is 5.23. The van der Waals surface area contributed by atoms with Crippen molar-refractivity contribution in [1.29, 1.82) is 0 Å². The van der Waals surface area contributed by atoms with Crippen LogP contribution in [-0.4, -0.2) is 17.0 Å². The quantitative estimate of drug-likeness (QED) is 0.919.